The summed E-state index contributed by atoms with van der Waals surface area (Å²) in [5.74, 6) is -0.00351. The molecule has 1 amide bonds. The van der Waals surface area contributed by atoms with Crippen LogP contribution in [-0.2, 0) is 4.79 Å². The molecule has 1 N–H and O–H groups in total. The highest BCUT2D eigenvalue weighted by molar-refractivity contribution is 8.00. The van der Waals surface area contributed by atoms with E-state index in [2.05, 4.69) is 17.5 Å². The van der Waals surface area contributed by atoms with Crippen LogP contribution in [0.25, 0.3) is 0 Å². The summed E-state index contributed by atoms with van der Waals surface area (Å²) in [4.78, 5) is 12.7. The van der Waals surface area contributed by atoms with Gasteiger partial charge in [-0.25, -0.2) is 0 Å². The molecule has 0 radical (unpaired) electrons. The Morgan fingerprint density at radius 2 is 2.05 bits per heavy atom. The van der Waals surface area contributed by atoms with Crippen molar-refractivity contribution in [2.45, 2.75) is 31.2 Å². The van der Waals surface area contributed by atoms with Crippen molar-refractivity contribution >= 4 is 17.7 Å². The minimum atomic E-state index is -0.869. The van der Waals surface area contributed by atoms with E-state index < -0.39 is 5.54 Å². The number of amides is 1. The maximum atomic E-state index is 11.9. The lowest BCUT2D eigenvalue weighted by molar-refractivity contribution is -0.120. The van der Waals surface area contributed by atoms with Gasteiger partial charge in [-0.2, -0.15) is 10.5 Å². The third kappa shape index (κ3) is 4.01. The molecule has 0 bridgehead atoms. The second-order valence-corrected chi connectivity index (χ2v) is 5.93. The Morgan fingerprint density at radius 3 is 2.60 bits per heavy atom. The van der Waals surface area contributed by atoms with E-state index in [-0.39, 0.29) is 17.6 Å². The molecule has 0 aliphatic rings. The van der Waals surface area contributed by atoms with E-state index in [1.165, 1.54) is 11.8 Å². The first-order valence-electron chi connectivity index (χ1n) is 6.27. The number of hydrogen-bond acceptors (Lipinski definition) is 4. The lowest BCUT2D eigenvalue weighted by atomic mass is 9.90. The fourth-order valence-corrected chi connectivity index (χ4v) is 2.26. The molecule has 0 heterocycles. The molecular weight excluding hydrogens is 270 g/mol. The molecule has 1 unspecified atom stereocenters. The van der Waals surface area contributed by atoms with Crippen LogP contribution in [0.1, 0.15) is 26.3 Å². The van der Waals surface area contributed by atoms with Gasteiger partial charge in [-0.1, -0.05) is 26.0 Å². The van der Waals surface area contributed by atoms with Crippen LogP contribution in [0.5, 0.6) is 0 Å². The van der Waals surface area contributed by atoms with Crippen molar-refractivity contribution < 1.29 is 4.79 Å². The van der Waals surface area contributed by atoms with Crippen LogP contribution in [0.15, 0.2) is 29.2 Å². The molecule has 104 valence electrons. The smallest absolute Gasteiger partial charge is 0.231 e. The number of nitrogens with one attached hydrogen (secondary N) is 1. The van der Waals surface area contributed by atoms with Gasteiger partial charge in [0, 0.05) is 4.90 Å². The molecule has 1 atom stereocenters. The van der Waals surface area contributed by atoms with Gasteiger partial charge in [0.25, 0.3) is 0 Å². The zero-order valence-corrected chi connectivity index (χ0v) is 12.6. The molecule has 5 heteroatoms. The molecule has 1 aromatic rings. The van der Waals surface area contributed by atoms with Crippen LogP contribution < -0.4 is 5.32 Å². The Bertz CT molecular complexity index is 571. The number of rotatable bonds is 5. The molecule has 0 spiro atoms. The fourth-order valence-electron chi connectivity index (χ4n) is 1.46. The van der Waals surface area contributed by atoms with Crippen molar-refractivity contribution in [2.24, 2.45) is 5.92 Å². The third-order valence-corrected chi connectivity index (χ3v) is 4.23. The lowest BCUT2D eigenvalue weighted by Crippen LogP contribution is -2.49. The number of hydrogen-bond donors (Lipinski definition) is 1. The Balaban J connectivity index is 2.65. The highest BCUT2D eigenvalue weighted by Gasteiger charge is 2.29. The highest BCUT2D eigenvalue weighted by Crippen LogP contribution is 2.22. The molecule has 0 aromatic heterocycles. The predicted molar refractivity (Wildman–Crippen MR) is 78.9 cm³/mol. The molecule has 0 aliphatic carbocycles. The van der Waals surface area contributed by atoms with Gasteiger partial charge in [0.1, 0.15) is 11.6 Å². The molecule has 1 rings (SSSR count). The maximum absolute atomic E-state index is 11.9. The number of nitriles is 2. The van der Waals surface area contributed by atoms with Gasteiger partial charge in [0.2, 0.25) is 5.91 Å². The van der Waals surface area contributed by atoms with E-state index in [0.717, 1.165) is 4.90 Å². The first kappa shape index (κ1) is 16.1. The van der Waals surface area contributed by atoms with Gasteiger partial charge >= 0.3 is 0 Å². The van der Waals surface area contributed by atoms with Crippen LogP contribution >= 0.6 is 11.8 Å². The van der Waals surface area contributed by atoms with Crippen LogP contribution in [0.2, 0.25) is 0 Å². The predicted octanol–water partition coefficient (Wildman–Crippen LogP) is 2.70. The Hall–Kier alpha value is -1.98. The summed E-state index contributed by atoms with van der Waals surface area (Å²) in [5.41, 5.74) is -0.316. The molecule has 4 nitrogen and oxygen atoms in total. The standard InChI is InChI=1S/C15H17N3OS/c1-11(2)15(3,10-17)18-14(19)9-20-13-7-5-4-6-12(13)8-16/h4-7,11H,9H2,1-3H3,(H,18,19). The van der Waals surface area contributed by atoms with Crippen molar-refractivity contribution in [1.29, 1.82) is 10.5 Å². The molecule has 0 fully saturated rings. The molecular formula is C15H17N3OS. The molecule has 1 aromatic carbocycles. The monoisotopic (exact) mass is 287 g/mol. The second-order valence-electron chi connectivity index (χ2n) is 4.91. The van der Waals surface area contributed by atoms with Crippen molar-refractivity contribution in [2.75, 3.05) is 5.75 Å². The van der Waals surface area contributed by atoms with E-state index in [9.17, 15) is 4.79 Å². The zero-order valence-electron chi connectivity index (χ0n) is 11.8. The van der Waals surface area contributed by atoms with Crippen LogP contribution in [0.3, 0.4) is 0 Å². The summed E-state index contributed by atoms with van der Waals surface area (Å²) >= 11 is 1.30. The molecule has 0 aliphatic heterocycles. The van der Waals surface area contributed by atoms with Crippen molar-refractivity contribution in [1.82, 2.24) is 5.32 Å². The summed E-state index contributed by atoms with van der Waals surface area (Å²) in [6, 6.07) is 11.4. The second kappa shape index (κ2) is 6.98. The normalized spacial score (nSPS) is 13.1. The average Bonchev–Trinajstić information content (AvgIpc) is 2.45. The summed E-state index contributed by atoms with van der Waals surface area (Å²) in [5, 5.41) is 20.9. The number of thioether (sulfide) groups is 1. The Morgan fingerprint density at radius 1 is 1.40 bits per heavy atom. The van der Waals surface area contributed by atoms with E-state index >= 15 is 0 Å². The maximum Gasteiger partial charge on any atom is 0.231 e. The Labute approximate surface area is 123 Å². The zero-order chi connectivity index (χ0) is 15.2. The van der Waals surface area contributed by atoms with Gasteiger partial charge in [0.15, 0.2) is 0 Å². The summed E-state index contributed by atoms with van der Waals surface area (Å²) in [7, 11) is 0. The summed E-state index contributed by atoms with van der Waals surface area (Å²) < 4.78 is 0. The van der Waals surface area contributed by atoms with E-state index in [0.29, 0.717) is 5.56 Å². The van der Waals surface area contributed by atoms with Crippen LogP contribution in [0.4, 0.5) is 0 Å². The Kier molecular flexibility index (Phi) is 5.61. The number of nitrogens with zero attached hydrogens (tertiary/aromatic N) is 2. The minimum absolute atomic E-state index is 0.0212. The van der Waals surface area contributed by atoms with Crippen LogP contribution in [0, 0.1) is 28.6 Å². The van der Waals surface area contributed by atoms with Gasteiger partial charge in [-0.05, 0) is 25.0 Å². The van der Waals surface area contributed by atoms with Crippen LogP contribution in [-0.4, -0.2) is 17.2 Å². The van der Waals surface area contributed by atoms with Gasteiger partial charge in [0.05, 0.1) is 17.4 Å². The SMILES string of the molecule is CC(C)C(C)(C#N)NC(=O)CSc1ccccc1C#N. The van der Waals surface area contributed by atoms with Gasteiger partial charge < -0.3 is 5.32 Å². The summed E-state index contributed by atoms with van der Waals surface area (Å²) in [6.45, 7) is 5.49. The average molecular weight is 287 g/mol. The summed E-state index contributed by atoms with van der Waals surface area (Å²) in [6.07, 6.45) is 0. The minimum Gasteiger partial charge on any atom is -0.337 e. The van der Waals surface area contributed by atoms with Crippen molar-refractivity contribution in [3.63, 3.8) is 0 Å². The molecule has 20 heavy (non-hydrogen) atoms. The number of carbonyl (C=O) groups excluding carboxylic acids is 1. The van der Waals surface area contributed by atoms with E-state index in [1.807, 2.05) is 26.0 Å². The highest BCUT2D eigenvalue weighted by atomic mass is 32.2. The topological polar surface area (TPSA) is 76.7 Å². The quantitative estimate of drug-likeness (QED) is 0.845. The molecule has 0 saturated heterocycles. The van der Waals surface area contributed by atoms with Crippen molar-refractivity contribution in [3.8, 4) is 12.1 Å². The van der Waals surface area contributed by atoms with Crippen molar-refractivity contribution in [3.05, 3.63) is 29.8 Å². The van der Waals surface area contributed by atoms with Gasteiger partial charge in [-0.3, -0.25) is 4.79 Å². The largest absolute Gasteiger partial charge is 0.337 e. The first-order chi connectivity index (χ1) is 9.42. The molecule has 0 saturated carbocycles. The third-order valence-electron chi connectivity index (χ3n) is 3.15. The lowest BCUT2D eigenvalue weighted by Gasteiger charge is -2.27. The number of carbonyl (C=O) groups is 1. The van der Waals surface area contributed by atoms with E-state index in [1.54, 1.807) is 19.1 Å². The van der Waals surface area contributed by atoms with E-state index in [4.69, 9.17) is 10.5 Å². The number of benzene rings is 1. The fraction of sp³-hybridized carbons (Fsp3) is 0.400. The first-order valence-corrected chi connectivity index (χ1v) is 7.25. The van der Waals surface area contributed by atoms with Gasteiger partial charge in [-0.15, -0.1) is 11.8 Å².